The first-order valence-corrected chi connectivity index (χ1v) is 5.81. The van der Waals surface area contributed by atoms with Gasteiger partial charge in [-0.2, -0.15) is 0 Å². The van der Waals surface area contributed by atoms with Gasteiger partial charge < -0.3 is 10.5 Å². The average Bonchev–Trinajstić information content (AvgIpc) is 2.41. The van der Waals surface area contributed by atoms with Gasteiger partial charge in [0.2, 0.25) is 5.88 Å². The number of nitrogens with zero attached hydrogens (tertiary/aromatic N) is 2. The summed E-state index contributed by atoms with van der Waals surface area (Å²) in [6.07, 6.45) is 3.22. The van der Waals surface area contributed by atoms with E-state index in [1.54, 1.807) is 19.5 Å². The van der Waals surface area contributed by atoms with Crippen LogP contribution < -0.4 is 10.5 Å². The van der Waals surface area contributed by atoms with E-state index in [0.717, 1.165) is 5.56 Å². The topological polar surface area (TPSA) is 61.0 Å². The third-order valence-corrected chi connectivity index (χ3v) is 3.07. The molecule has 0 aliphatic heterocycles. The van der Waals surface area contributed by atoms with Crippen molar-refractivity contribution < 1.29 is 4.74 Å². The van der Waals surface area contributed by atoms with Crippen LogP contribution in [0.4, 0.5) is 0 Å². The number of aryl methyl sites for hydroxylation is 2. The highest BCUT2D eigenvalue weighted by Crippen LogP contribution is 2.25. The lowest BCUT2D eigenvalue weighted by Gasteiger charge is -2.15. The van der Waals surface area contributed by atoms with Gasteiger partial charge in [-0.15, -0.1) is 0 Å². The molecule has 2 N–H and O–H groups in total. The van der Waals surface area contributed by atoms with E-state index in [-0.39, 0.29) is 6.04 Å². The van der Waals surface area contributed by atoms with E-state index in [4.69, 9.17) is 10.5 Å². The molecule has 0 saturated heterocycles. The molecule has 2 aromatic rings. The lowest BCUT2D eigenvalue weighted by Crippen LogP contribution is -2.15. The number of hydrogen-bond donors (Lipinski definition) is 1. The van der Waals surface area contributed by atoms with Crippen molar-refractivity contribution in [1.82, 2.24) is 9.97 Å². The largest absolute Gasteiger partial charge is 0.480 e. The number of rotatable bonds is 3. The van der Waals surface area contributed by atoms with Crippen LogP contribution in [0.3, 0.4) is 0 Å². The zero-order valence-electron chi connectivity index (χ0n) is 10.8. The second-order valence-electron chi connectivity index (χ2n) is 4.27. The molecule has 0 fully saturated rings. The van der Waals surface area contributed by atoms with Crippen molar-refractivity contribution in [2.75, 3.05) is 7.11 Å². The van der Waals surface area contributed by atoms with Crippen molar-refractivity contribution in [1.29, 1.82) is 0 Å². The molecular formula is C14H17N3O. The van der Waals surface area contributed by atoms with Crippen LogP contribution in [0.25, 0.3) is 0 Å². The Hall–Kier alpha value is -1.94. The fourth-order valence-corrected chi connectivity index (χ4v) is 1.82. The number of ether oxygens (including phenoxy) is 1. The molecule has 94 valence electrons. The van der Waals surface area contributed by atoms with Crippen LogP contribution in [-0.4, -0.2) is 17.1 Å². The monoisotopic (exact) mass is 243 g/mol. The Morgan fingerprint density at radius 3 is 2.50 bits per heavy atom. The molecule has 1 heterocycles. The van der Waals surface area contributed by atoms with Gasteiger partial charge in [-0.1, -0.05) is 18.2 Å². The summed E-state index contributed by atoms with van der Waals surface area (Å²) in [6, 6.07) is 5.83. The number of aromatic nitrogens is 2. The Balaban J connectivity index is 2.41. The number of nitrogens with two attached hydrogens (primary N) is 1. The summed E-state index contributed by atoms with van der Waals surface area (Å²) in [4.78, 5) is 8.38. The van der Waals surface area contributed by atoms with E-state index in [0.29, 0.717) is 11.6 Å². The molecule has 4 nitrogen and oxygen atoms in total. The van der Waals surface area contributed by atoms with Gasteiger partial charge in [-0.3, -0.25) is 4.98 Å². The maximum atomic E-state index is 6.23. The SMILES string of the molecule is COc1nccnc1C(N)c1ccc(C)c(C)c1. The van der Waals surface area contributed by atoms with E-state index in [1.807, 2.05) is 6.07 Å². The van der Waals surface area contributed by atoms with Gasteiger partial charge in [0.05, 0.1) is 13.2 Å². The van der Waals surface area contributed by atoms with Crippen molar-refractivity contribution in [2.24, 2.45) is 5.73 Å². The third kappa shape index (κ3) is 2.33. The minimum atomic E-state index is -0.326. The van der Waals surface area contributed by atoms with Crippen LogP contribution in [0, 0.1) is 13.8 Å². The van der Waals surface area contributed by atoms with Crippen molar-refractivity contribution in [3.05, 3.63) is 53.0 Å². The number of benzene rings is 1. The second kappa shape index (κ2) is 5.14. The van der Waals surface area contributed by atoms with E-state index >= 15 is 0 Å². The van der Waals surface area contributed by atoms with Crippen molar-refractivity contribution in [3.8, 4) is 5.88 Å². The molecule has 0 radical (unpaired) electrons. The van der Waals surface area contributed by atoms with Crippen LogP contribution in [0.5, 0.6) is 5.88 Å². The van der Waals surface area contributed by atoms with Gasteiger partial charge in [0, 0.05) is 12.4 Å². The maximum absolute atomic E-state index is 6.23. The van der Waals surface area contributed by atoms with Gasteiger partial charge in [-0.25, -0.2) is 4.98 Å². The fourth-order valence-electron chi connectivity index (χ4n) is 1.82. The standard InChI is InChI=1S/C14H17N3O/c1-9-4-5-11(8-10(9)2)12(15)13-14(18-3)17-7-6-16-13/h4-8,12H,15H2,1-3H3. The van der Waals surface area contributed by atoms with Crippen LogP contribution in [-0.2, 0) is 0 Å². The minimum absolute atomic E-state index is 0.326. The maximum Gasteiger partial charge on any atom is 0.237 e. The van der Waals surface area contributed by atoms with E-state index in [9.17, 15) is 0 Å². The van der Waals surface area contributed by atoms with Gasteiger partial charge >= 0.3 is 0 Å². The summed E-state index contributed by atoms with van der Waals surface area (Å²) >= 11 is 0. The normalized spacial score (nSPS) is 12.2. The first-order chi connectivity index (χ1) is 8.63. The Morgan fingerprint density at radius 2 is 1.83 bits per heavy atom. The number of hydrogen-bond acceptors (Lipinski definition) is 4. The molecule has 2 rings (SSSR count). The van der Waals surface area contributed by atoms with Crippen LogP contribution >= 0.6 is 0 Å². The molecule has 0 spiro atoms. The van der Waals surface area contributed by atoms with Crippen molar-refractivity contribution in [2.45, 2.75) is 19.9 Å². The molecule has 4 heteroatoms. The lowest BCUT2D eigenvalue weighted by atomic mass is 9.99. The van der Waals surface area contributed by atoms with E-state index in [1.165, 1.54) is 11.1 Å². The van der Waals surface area contributed by atoms with E-state index < -0.39 is 0 Å². The molecule has 1 aromatic carbocycles. The van der Waals surface area contributed by atoms with Gasteiger partial charge in [0.15, 0.2) is 0 Å². The van der Waals surface area contributed by atoms with Gasteiger partial charge in [0.25, 0.3) is 0 Å². The first-order valence-electron chi connectivity index (χ1n) is 5.81. The lowest BCUT2D eigenvalue weighted by molar-refractivity contribution is 0.387. The highest BCUT2D eigenvalue weighted by molar-refractivity contribution is 5.37. The summed E-state index contributed by atoms with van der Waals surface area (Å²) in [6.45, 7) is 4.15. The van der Waals surface area contributed by atoms with Gasteiger partial charge in [-0.05, 0) is 30.5 Å². The third-order valence-electron chi connectivity index (χ3n) is 3.07. The Kier molecular flexibility index (Phi) is 3.58. The molecule has 1 unspecified atom stereocenters. The molecule has 1 atom stereocenters. The number of methoxy groups -OCH3 is 1. The van der Waals surface area contributed by atoms with Gasteiger partial charge in [0.1, 0.15) is 5.69 Å². The smallest absolute Gasteiger partial charge is 0.237 e. The molecule has 0 amide bonds. The molecule has 0 bridgehead atoms. The zero-order chi connectivity index (χ0) is 13.1. The molecule has 0 aliphatic carbocycles. The predicted octanol–water partition coefficient (Wildman–Crippen LogP) is 2.15. The Bertz CT molecular complexity index is 554. The van der Waals surface area contributed by atoms with Crippen LogP contribution in [0.2, 0.25) is 0 Å². The van der Waals surface area contributed by atoms with Crippen LogP contribution in [0.15, 0.2) is 30.6 Å². The quantitative estimate of drug-likeness (QED) is 0.897. The molecule has 18 heavy (non-hydrogen) atoms. The predicted molar refractivity (Wildman–Crippen MR) is 70.5 cm³/mol. The summed E-state index contributed by atoms with van der Waals surface area (Å²) in [5.74, 6) is 0.475. The second-order valence-corrected chi connectivity index (χ2v) is 4.27. The molecular weight excluding hydrogens is 226 g/mol. The average molecular weight is 243 g/mol. The zero-order valence-corrected chi connectivity index (χ0v) is 10.8. The fraction of sp³-hybridized carbons (Fsp3) is 0.286. The Morgan fingerprint density at radius 1 is 1.11 bits per heavy atom. The molecule has 1 aromatic heterocycles. The summed E-state index contributed by atoms with van der Waals surface area (Å²) in [5, 5.41) is 0. The highest BCUT2D eigenvalue weighted by atomic mass is 16.5. The summed E-state index contributed by atoms with van der Waals surface area (Å²) in [5.41, 5.74) is 10.4. The summed E-state index contributed by atoms with van der Waals surface area (Å²) < 4.78 is 5.19. The van der Waals surface area contributed by atoms with Crippen molar-refractivity contribution in [3.63, 3.8) is 0 Å². The molecule has 0 aliphatic rings. The summed E-state index contributed by atoms with van der Waals surface area (Å²) in [7, 11) is 1.57. The van der Waals surface area contributed by atoms with Crippen LogP contribution in [0.1, 0.15) is 28.4 Å². The highest BCUT2D eigenvalue weighted by Gasteiger charge is 2.16. The Labute approximate surface area is 107 Å². The van der Waals surface area contributed by atoms with E-state index in [2.05, 4.69) is 35.9 Å². The molecule has 0 saturated carbocycles. The minimum Gasteiger partial charge on any atom is -0.480 e. The van der Waals surface area contributed by atoms with Crippen molar-refractivity contribution >= 4 is 0 Å². The first kappa shape index (κ1) is 12.5.